The summed E-state index contributed by atoms with van der Waals surface area (Å²) in [6.45, 7) is 2.35. The van der Waals surface area contributed by atoms with Gasteiger partial charge in [0.2, 0.25) is 5.91 Å². The molecule has 1 aliphatic rings. The van der Waals surface area contributed by atoms with Gasteiger partial charge in [0.05, 0.1) is 0 Å². The van der Waals surface area contributed by atoms with E-state index >= 15 is 0 Å². The minimum absolute atomic E-state index is 0.0252. The molecule has 0 saturated carbocycles. The number of carbonyl (C=O) groups is 3. The smallest absolute Gasteiger partial charge is 0.407 e. The fourth-order valence-corrected chi connectivity index (χ4v) is 4.18. The van der Waals surface area contributed by atoms with E-state index in [1.54, 1.807) is 6.92 Å². The molecule has 0 fully saturated rings. The van der Waals surface area contributed by atoms with Crippen LogP contribution in [0.1, 0.15) is 62.5 Å². The second-order valence-corrected chi connectivity index (χ2v) is 8.39. The molecule has 7 nitrogen and oxygen atoms in total. The Labute approximate surface area is 194 Å². The van der Waals surface area contributed by atoms with Gasteiger partial charge in [-0.25, -0.2) is 4.79 Å². The van der Waals surface area contributed by atoms with E-state index in [1.807, 2.05) is 24.3 Å². The molecule has 3 rings (SSSR count). The molecule has 0 aromatic heterocycles. The maximum absolute atomic E-state index is 12.3. The minimum Gasteiger partial charge on any atom is -0.481 e. The monoisotopic (exact) mass is 452 g/mol. The van der Waals surface area contributed by atoms with Crippen LogP contribution in [0.5, 0.6) is 0 Å². The first-order valence-electron chi connectivity index (χ1n) is 11.6. The third-order valence-corrected chi connectivity index (χ3v) is 5.94. The molecule has 2 aromatic rings. The molecule has 3 N–H and O–H groups in total. The topological polar surface area (TPSA) is 105 Å². The average molecular weight is 453 g/mol. The maximum Gasteiger partial charge on any atom is 0.407 e. The molecule has 0 bridgehead atoms. The Bertz CT molecular complexity index is 929. The van der Waals surface area contributed by atoms with Crippen LogP contribution in [-0.2, 0) is 14.3 Å². The van der Waals surface area contributed by atoms with Crippen molar-refractivity contribution in [1.29, 1.82) is 0 Å². The third kappa shape index (κ3) is 6.81. The molecule has 7 heteroatoms. The van der Waals surface area contributed by atoms with E-state index in [9.17, 15) is 14.4 Å². The summed E-state index contributed by atoms with van der Waals surface area (Å²) in [5, 5.41) is 14.0. The Kier molecular flexibility index (Phi) is 8.87. The zero-order valence-corrected chi connectivity index (χ0v) is 19.0. The third-order valence-electron chi connectivity index (χ3n) is 5.94. The zero-order chi connectivity index (χ0) is 23.6. The van der Waals surface area contributed by atoms with Crippen LogP contribution in [0.2, 0.25) is 0 Å². The molecule has 1 atom stereocenters. The molecule has 1 aliphatic carbocycles. The predicted molar refractivity (Wildman–Crippen MR) is 126 cm³/mol. The Morgan fingerprint density at radius 2 is 1.48 bits per heavy atom. The van der Waals surface area contributed by atoms with Crippen molar-refractivity contribution < 1.29 is 24.2 Å². The number of hydrogen-bond acceptors (Lipinski definition) is 4. The Balaban J connectivity index is 1.37. The number of ether oxygens (including phenoxy) is 1. The second-order valence-electron chi connectivity index (χ2n) is 8.39. The summed E-state index contributed by atoms with van der Waals surface area (Å²) in [5.74, 6) is -1.04. The fourth-order valence-electron chi connectivity index (χ4n) is 4.18. The first kappa shape index (κ1) is 24.3. The maximum atomic E-state index is 12.3. The van der Waals surface area contributed by atoms with Crippen LogP contribution in [0.25, 0.3) is 11.1 Å². The van der Waals surface area contributed by atoms with Gasteiger partial charge in [0, 0.05) is 18.9 Å². The van der Waals surface area contributed by atoms with Gasteiger partial charge in [0.1, 0.15) is 12.6 Å². The number of carboxylic acid groups (broad SMARTS) is 1. The number of hydrogen-bond donors (Lipinski definition) is 3. The van der Waals surface area contributed by atoms with Gasteiger partial charge in [-0.3, -0.25) is 9.59 Å². The van der Waals surface area contributed by atoms with Crippen molar-refractivity contribution in [2.24, 2.45) is 0 Å². The molecule has 176 valence electrons. The summed E-state index contributed by atoms with van der Waals surface area (Å²) in [4.78, 5) is 35.0. The van der Waals surface area contributed by atoms with Gasteiger partial charge < -0.3 is 20.5 Å². The number of rotatable bonds is 12. The number of fused-ring (bicyclic) bond motifs is 3. The lowest BCUT2D eigenvalue weighted by Crippen LogP contribution is -2.45. The first-order valence-corrected chi connectivity index (χ1v) is 11.6. The molecule has 33 heavy (non-hydrogen) atoms. The van der Waals surface area contributed by atoms with Gasteiger partial charge >= 0.3 is 12.1 Å². The van der Waals surface area contributed by atoms with Crippen LogP contribution < -0.4 is 10.6 Å². The number of carbonyl (C=O) groups excluding carboxylic acids is 2. The standard InChI is InChI=1S/C26H32N2O5/c1-18(25(31)27-16-10-4-2-3-5-15-24(29)30)28-26(32)33-17-23-21-13-8-6-11-19(21)20-12-7-9-14-22(20)23/h6-9,11-14,18,23H,2-5,10,15-17H2,1H3,(H,27,31)(H,28,32)(H,29,30)/t18-/m0/s1. The highest BCUT2D eigenvalue weighted by Crippen LogP contribution is 2.44. The summed E-state index contributed by atoms with van der Waals surface area (Å²) in [6.07, 6.45) is 3.83. The summed E-state index contributed by atoms with van der Waals surface area (Å²) in [6, 6.07) is 15.6. The number of alkyl carbamates (subject to hydrolysis) is 1. The summed E-state index contributed by atoms with van der Waals surface area (Å²) >= 11 is 0. The summed E-state index contributed by atoms with van der Waals surface area (Å²) in [5.41, 5.74) is 4.61. The van der Waals surface area contributed by atoms with E-state index < -0.39 is 18.1 Å². The molecular weight excluding hydrogens is 420 g/mol. The second kappa shape index (κ2) is 12.0. The van der Waals surface area contributed by atoms with Gasteiger partial charge in [0.25, 0.3) is 0 Å². The highest BCUT2D eigenvalue weighted by molar-refractivity contribution is 5.85. The summed E-state index contributed by atoms with van der Waals surface area (Å²) in [7, 11) is 0. The molecule has 2 aromatic carbocycles. The van der Waals surface area contributed by atoms with Crippen LogP contribution in [0.15, 0.2) is 48.5 Å². The van der Waals surface area contributed by atoms with Crippen LogP contribution in [-0.4, -0.2) is 42.3 Å². The van der Waals surface area contributed by atoms with Crippen molar-refractivity contribution in [3.05, 3.63) is 59.7 Å². The molecule has 0 radical (unpaired) electrons. The van der Waals surface area contributed by atoms with Gasteiger partial charge in [0.15, 0.2) is 0 Å². The molecule has 2 amide bonds. The highest BCUT2D eigenvalue weighted by atomic mass is 16.5. The van der Waals surface area contributed by atoms with Crippen LogP contribution in [0, 0.1) is 0 Å². The van der Waals surface area contributed by atoms with Crippen molar-refractivity contribution in [3.63, 3.8) is 0 Å². The van der Waals surface area contributed by atoms with Gasteiger partial charge in [-0.2, -0.15) is 0 Å². The molecule has 0 unspecified atom stereocenters. The fraction of sp³-hybridized carbons (Fsp3) is 0.423. The largest absolute Gasteiger partial charge is 0.481 e. The number of amides is 2. The van der Waals surface area contributed by atoms with E-state index in [-0.39, 0.29) is 24.9 Å². The van der Waals surface area contributed by atoms with Crippen molar-refractivity contribution in [3.8, 4) is 11.1 Å². The Morgan fingerprint density at radius 3 is 2.12 bits per heavy atom. The molecule has 0 saturated heterocycles. The molecular formula is C26H32N2O5. The van der Waals surface area contributed by atoms with E-state index in [0.717, 1.165) is 47.9 Å². The lowest BCUT2D eigenvalue weighted by molar-refractivity contribution is -0.137. The predicted octanol–water partition coefficient (Wildman–Crippen LogP) is 4.46. The van der Waals surface area contributed by atoms with Gasteiger partial charge in [-0.15, -0.1) is 0 Å². The van der Waals surface area contributed by atoms with E-state index in [4.69, 9.17) is 9.84 Å². The number of unbranched alkanes of at least 4 members (excludes halogenated alkanes) is 4. The quantitative estimate of drug-likeness (QED) is 0.413. The number of nitrogens with one attached hydrogen (secondary N) is 2. The highest BCUT2D eigenvalue weighted by Gasteiger charge is 2.29. The van der Waals surface area contributed by atoms with Crippen molar-refractivity contribution in [2.45, 2.75) is 57.4 Å². The van der Waals surface area contributed by atoms with E-state index in [0.29, 0.717) is 13.0 Å². The number of aliphatic carboxylic acids is 1. The van der Waals surface area contributed by atoms with Crippen molar-refractivity contribution in [1.82, 2.24) is 10.6 Å². The molecule has 0 heterocycles. The summed E-state index contributed by atoms with van der Waals surface area (Å²) < 4.78 is 5.49. The minimum atomic E-state index is -0.764. The van der Waals surface area contributed by atoms with Crippen LogP contribution in [0.3, 0.4) is 0 Å². The van der Waals surface area contributed by atoms with Crippen LogP contribution in [0.4, 0.5) is 4.79 Å². The van der Waals surface area contributed by atoms with Gasteiger partial charge in [-0.1, -0.05) is 67.8 Å². The zero-order valence-electron chi connectivity index (χ0n) is 19.0. The van der Waals surface area contributed by atoms with Crippen molar-refractivity contribution >= 4 is 18.0 Å². The SMILES string of the molecule is C[C@H](NC(=O)OCC1c2ccccc2-c2ccccc21)C(=O)NCCCCCCCC(=O)O. The van der Waals surface area contributed by atoms with Crippen LogP contribution >= 0.6 is 0 Å². The number of carboxylic acids is 1. The van der Waals surface area contributed by atoms with Crippen molar-refractivity contribution in [2.75, 3.05) is 13.2 Å². The molecule has 0 spiro atoms. The lowest BCUT2D eigenvalue weighted by Gasteiger charge is -2.17. The first-order chi connectivity index (χ1) is 16.0. The number of benzene rings is 2. The van der Waals surface area contributed by atoms with Gasteiger partial charge in [-0.05, 0) is 42.0 Å². The normalized spacial score (nSPS) is 13.0. The lowest BCUT2D eigenvalue weighted by atomic mass is 9.98. The average Bonchev–Trinajstić information content (AvgIpc) is 3.12. The van der Waals surface area contributed by atoms with E-state index in [2.05, 4.69) is 34.9 Å². The van der Waals surface area contributed by atoms with E-state index in [1.165, 1.54) is 0 Å². The Morgan fingerprint density at radius 1 is 0.909 bits per heavy atom. The Hall–Kier alpha value is -3.35. The molecule has 0 aliphatic heterocycles.